The lowest BCUT2D eigenvalue weighted by atomic mass is 10.0. The lowest BCUT2D eigenvalue weighted by Gasteiger charge is -2.20. The number of nitrogens with zero attached hydrogens (tertiary/aromatic N) is 1. The molecule has 0 radical (unpaired) electrons. The zero-order valence-electron chi connectivity index (χ0n) is 14.6. The molecule has 1 unspecified atom stereocenters. The fourth-order valence-corrected chi connectivity index (χ4v) is 3.53. The molecular formula is C18H23N3O3S. The van der Waals surface area contributed by atoms with E-state index >= 15 is 0 Å². The van der Waals surface area contributed by atoms with Crippen LogP contribution in [0.2, 0.25) is 0 Å². The third-order valence-corrected chi connectivity index (χ3v) is 5.07. The van der Waals surface area contributed by atoms with Crippen molar-refractivity contribution in [3.63, 3.8) is 0 Å². The van der Waals surface area contributed by atoms with Crippen LogP contribution in [0, 0.1) is 12.8 Å². The summed E-state index contributed by atoms with van der Waals surface area (Å²) in [5, 5.41) is 2.70. The Hall–Kier alpha value is -2.25. The Bertz CT molecular complexity index is 803. The maximum Gasteiger partial charge on any atom is 0.242 e. The fourth-order valence-electron chi connectivity index (χ4n) is 2.32. The average Bonchev–Trinajstić information content (AvgIpc) is 2.55. The fraction of sp³-hybridized carbons (Fsp3) is 0.333. The van der Waals surface area contributed by atoms with Crippen molar-refractivity contribution in [2.24, 2.45) is 5.92 Å². The predicted molar refractivity (Wildman–Crippen MR) is 97.6 cm³/mol. The molecule has 7 heteroatoms. The van der Waals surface area contributed by atoms with E-state index in [4.69, 9.17) is 0 Å². The number of pyridine rings is 1. The number of benzene rings is 1. The first-order valence-corrected chi connectivity index (χ1v) is 9.56. The highest BCUT2D eigenvalue weighted by atomic mass is 32.2. The van der Waals surface area contributed by atoms with Gasteiger partial charge in [-0.2, -0.15) is 4.72 Å². The van der Waals surface area contributed by atoms with E-state index in [9.17, 15) is 13.2 Å². The second kappa shape index (κ2) is 8.22. The van der Waals surface area contributed by atoms with Crippen molar-refractivity contribution in [3.8, 4) is 0 Å². The normalized spacial score (nSPS) is 12.8. The van der Waals surface area contributed by atoms with Crippen molar-refractivity contribution >= 4 is 21.6 Å². The number of carbonyl (C=O) groups excluding carboxylic acids is 1. The Morgan fingerprint density at radius 2 is 1.84 bits per heavy atom. The van der Waals surface area contributed by atoms with Gasteiger partial charge in [-0.3, -0.25) is 9.78 Å². The molecule has 0 bridgehead atoms. The van der Waals surface area contributed by atoms with Crippen molar-refractivity contribution in [2.75, 3.05) is 5.32 Å². The number of aryl methyl sites for hydroxylation is 1. The molecule has 0 spiro atoms. The van der Waals surface area contributed by atoms with Gasteiger partial charge in [-0.15, -0.1) is 0 Å². The second-order valence-corrected chi connectivity index (χ2v) is 8.06. The van der Waals surface area contributed by atoms with Crippen LogP contribution in [0.3, 0.4) is 0 Å². The number of carbonyl (C=O) groups is 1. The summed E-state index contributed by atoms with van der Waals surface area (Å²) < 4.78 is 27.7. The maximum absolute atomic E-state index is 12.6. The standard InChI is InChI=1S/C18H23N3O3S/c1-13(2)11-17(18(22)20-15-5-4-10-19-12-15)21-25(23,24)16-8-6-14(3)7-9-16/h4-10,12-13,17,21H,11H2,1-3H3,(H,20,22). The molecule has 0 aliphatic heterocycles. The highest BCUT2D eigenvalue weighted by Gasteiger charge is 2.26. The molecule has 2 N–H and O–H groups in total. The Morgan fingerprint density at radius 1 is 1.16 bits per heavy atom. The van der Waals surface area contributed by atoms with Crippen LogP contribution in [0.4, 0.5) is 5.69 Å². The highest BCUT2D eigenvalue weighted by Crippen LogP contribution is 2.14. The van der Waals surface area contributed by atoms with Gasteiger partial charge in [-0.05, 0) is 43.5 Å². The minimum absolute atomic E-state index is 0.140. The van der Waals surface area contributed by atoms with Crippen molar-refractivity contribution in [3.05, 3.63) is 54.4 Å². The summed E-state index contributed by atoms with van der Waals surface area (Å²) in [4.78, 5) is 16.6. The molecular weight excluding hydrogens is 338 g/mol. The van der Waals surface area contributed by atoms with Gasteiger partial charge in [0.2, 0.25) is 15.9 Å². The average molecular weight is 361 g/mol. The lowest BCUT2D eigenvalue weighted by Crippen LogP contribution is -2.44. The highest BCUT2D eigenvalue weighted by molar-refractivity contribution is 7.89. The molecule has 2 aromatic rings. The quantitative estimate of drug-likeness (QED) is 0.794. The minimum atomic E-state index is -3.79. The van der Waals surface area contributed by atoms with Gasteiger partial charge in [0.05, 0.1) is 16.8 Å². The first-order chi connectivity index (χ1) is 11.8. The van der Waals surface area contributed by atoms with E-state index in [1.54, 1.807) is 30.5 Å². The predicted octanol–water partition coefficient (Wildman–Crippen LogP) is 2.72. The molecule has 1 aromatic heterocycles. The van der Waals surface area contributed by atoms with Gasteiger partial charge in [-0.1, -0.05) is 31.5 Å². The summed E-state index contributed by atoms with van der Waals surface area (Å²) in [6.07, 6.45) is 3.50. The van der Waals surface area contributed by atoms with E-state index in [1.165, 1.54) is 18.3 Å². The summed E-state index contributed by atoms with van der Waals surface area (Å²) in [5.41, 5.74) is 1.49. The number of nitrogens with one attached hydrogen (secondary N) is 2. The van der Waals surface area contributed by atoms with Crippen LogP contribution < -0.4 is 10.0 Å². The molecule has 0 saturated heterocycles. The summed E-state index contributed by atoms with van der Waals surface area (Å²) >= 11 is 0. The van der Waals surface area contributed by atoms with Crippen LogP contribution in [0.1, 0.15) is 25.8 Å². The van der Waals surface area contributed by atoms with Crippen LogP contribution >= 0.6 is 0 Å². The molecule has 0 saturated carbocycles. The molecule has 134 valence electrons. The lowest BCUT2D eigenvalue weighted by molar-refractivity contribution is -0.118. The Kier molecular flexibility index (Phi) is 6.27. The van der Waals surface area contributed by atoms with E-state index in [-0.39, 0.29) is 10.8 Å². The molecule has 25 heavy (non-hydrogen) atoms. The van der Waals surface area contributed by atoms with Crippen molar-refractivity contribution in [1.82, 2.24) is 9.71 Å². The van der Waals surface area contributed by atoms with E-state index in [2.05, 4.69) is 15.0 Å². The van der Waals surface area contributed by atoms with E-state index in [0.29, 0.717) is 12.1 Å². The maximum atomic E-state index is 12.6. The topological polar surface area (TPSA) is 88.2 Å². The zero-order chi connectivity index (χ0) is 18.4. The van der Waals surface area contributed by atoms with Crippen molar-refractivity contribution in [2.45, 2.75) is 38.1 Å². The number of sulfonamides is 1. The van der Waals surface area contributed by atoms with Crippen molar-refractivity contribution < 1.29 is 13.2 Å². The van der Waals surface area contributed by atoms with Crippen LogP contribution in [0.15, 0.2) is 53.7 Å². The van der Waals surface area contributed by atoms with Crippen molar-refractivity contribution in [1.29, 1.82) is 0 Å². The number of hydrogen-bond donors (Lipinski definition) is 2. The summed E-state index contributed by atoms with van der Waals surface area (Å²) in [7, 11) is -3.79. The molecule has 1 atom stereocenters. The first-order valence-electron chi connectivity index (χ1n) is 8.08. The molecule has 1 aromatic carbocycles. The largest absolute Gasteiger partial charge is 0.323 e. The molecule has 0 aliphatic carbocycles. The van der Waals surface area contributed by atoms with E-state index in [1.807, 2.05) is 20.8 Å². The summed E-state index contributed by atoms with van der Waals surface area (Å²) in [5.74, 6) is -0.261. The van der Waals surface area contributed by atoms with Crippen LogP contribution in [-0.4, -0.2) is 25.4 Å². The number of aromatic nitrogens is 1. The molecule has 2 rings (SSSR count). The summed E-state index contributed by atoms with van der Waals surface area (Å²) in [6.45, 7) is 5.75. The number of amides is 1. The van der Waals surface area contributed by atoms with Gasteiger partial charge >= 0.3 is 0 Å². The molecule has 0 fully saturated rings. The first kappa shape index (κ1) is 19.1. The third kappa shape index (κ3) is 5.65. The second-order valence-electron chi connectivity index (χ2n) is 6.35. The molecule has 1 heterocycles. The number of hydrogen-bond acceptors (Lipinski definition) is 4. The van der Waals surface area contributed by atoms with Crippen LogP contribution in [0.5, 0.6) is 0 Å². The van der Waals surface area contributed by atoms with Crippen LogP contribution in [0.25, 0.3) is 0 Å². The Labute approximate surface area is 148 Å². The van der Waals surface area contributed by atoms with Gasteiger partial charge in [0, 0.05) is 6.20 Å². The number of rotatable bonds is 7. The van der Waals surface area contributed by atoms with Crippen LogP contribution in [-0.2, 0) is 14.8 Å². The Morgan fingerprint density at radius 3 is 2.40 bits per heavy atom. The number of anilines is 1. The van der Waals surface area contributed by atoms with Gasteiger partial charge in [0.1, 0.15) is 6.04 Å². The van der Waals surface area contributed by atoms with Gasteiger partial charge in [-0.25, -0.2) is 8.42 Å². The minimum Gasteiger partial charge on any atom is -0.323 e. The molecule has 1 amide bonds. The third-order valence-electron chi connectivity index (χ3n) is 3.58. The summed E-state index contributed by atoms with van der Waals surface area (Å²) in [6, 6.07) is 9.04. The molecule has 0 aliphatic rings. The van der Waals surface area contributed by atoms with E-state index < -0.39 is 22.0 Å². The Balaban J connectivity index is 2.19. The molecule has 6 nitrogen and oxygen atoms in total. The van der Waals surface area contributed by atoms with E-state index in [0.717, 1.165) is 5.56 Å². The SMILES string of the molecule is Cc1ccc(S(=O)(=O)NC(CC(C)C)C(=O)Nc2cccnc2)cc1. The monoisotopic (exact) mass is 361 g/mol. The van der Waals surface area contributed by atoms with Gasteiger partial charge in [0.15, 0.2) is 0 Å². The van der Waals surface area contributed by atoms with Gasteiger partial charge < -0.3 is 5.32 Å². The zero-order valence-corrected chi connectivity index (χ0v) is 15.4. The smallest absolute Gasteiger partial charge is 0.242 e. The van der Waals surface area contributed by atoms with Gasteiger partial charge in [0.25, 0.3) is 0 Å².